The van der Waals surface area contributed by atoms with Gasteiger partial charge in [-0.1, -0.05) is 60.7 Å². The number of aromatic nitrogens is 2. The van der Waals surface area contributed by atoms with Crippen molar-refractivity contribution in [2.24, 2.45) is 0 Å². The molecule has 5 rings (SSSR count). The van der Waals surface area contributed by atoms with Crippen LogP contribution in [0.4, 0.5) is 10.3 Å². The average Bonchev–Trinajstić information content (AvgIpc) is 3.62. The Labute approximate surface area is 214 Å². The molecule has 0 fully saturated rings. The SMILES string of the molecule is O=C(Nc1ncc(Cc2ccccc2)s1)c1ccc(C(=O)Nc2ncc(Cc3ccccc3)s2)s1. The van der Waals surface area contributed by atoms with Gasteiger partial charge in [0.1, 0.15) is 0 Å². The first kappa shape index (κ1) is 23.1. The van der Waals surface area contributed by atoms with Gasteiger partial charge in [-0.15, -0.1) is 34.0 Å². The molecule has 2 N–H and O–H groups in total. The lowest BCUT2D eigenvalue weighted by atomic mass is 10.1. The van der Waals surface area contributed by atoms with E-state index in [-0.39, 0.29) is 11.8 Å². The van der Waals surface area contributed by atoms with Crippen LogP contribution in [0.1, 0.15) is 40.2 Å². The molecular weight excluding hydrogens is 497 g/mol. The van der Waals surface area contributed by atoms with Crippen LogP contribution in [0, 0.1) is 0 Å². The maximum Gasteiger partial charge on any atom is 0.267 e. The number of hydrogen-bond donors (Lipinski definition) is 2. The zero-order chi connectivity index (χ0) is 24.0. The van der Waals surface area contributed by atoms with E-state index in [9.17, 15) is 9.59 Å². The van der Waals surface area contributed by atoms with E-state index in [2.05, 4.69) is 44.9 Å². The summed E-state index contributed by atoms with van der Waals surface area (Å²) < 4.78 is 0. The highest BCUT2D eigenvalue weighted by atomic mass is 32.1. The topological polar surface area (TPSA) is 84.0 Å². The van der Waals surface area contributed by atoms with Gasteiger partial charge in [-0.05, 0) is 23.3 Å². The summed E-state index contributed by atoms with van der Waals surface area (Å²) in [6.07, 6.45) is 5.09. The second-order valence-corrected chi connectivity index (χ2v) is 11.0. The second kappa shape index (κ2) is 10.7. The van der Waals surface area contributed by atoms with E-state index in [0.29, 0.717) is 20.0 Å². The molecule has 0 saturated heterocycles. The fourth-order valence-electron chi connectivity index (χ4n) is 3.39. The Morgan fingerprint density at radius 1 is 0.600 bits per heavy atom. The van der Waals surface area contributed by atoms with E-state index in [0.717, 1.165) is 33.9 Å². The monoisotopic (exact) mass is 516 g/mol. The highest BCUT2D eigenvalue weighted by Gasteiger charge is 2.16. The third-order valence-electron chi connectivity index (χ3n) is 5.04. The standard InChI is InChI=1S/C26H20N4O2S3/c31-23(29-25-27-15-19(33-25)13-17-7-3-1-4-8-17)21-11-12-22(35-21)24(32)30-26-28-16-20(34-26)14-18-9-5-2-6-10-18/h1-12,15-16H,13-14H2,(H,27,29,31)(H,28,30,32). The number of thiazole rings is 2. The molecule has 174 valence electrons. The smallest absolute Gasteiger partial charge is 0.267 e. The molecule has 0 aliphatic carbocycles. The normalized spacial score (nSPS) is 10.7. The maximum atomic E-state index is 12.7. The molecule has 3 heterocycles. The number of anilines is 2. The van der Waals surface area contributed by atoms with Crippen molar-refractivity contribution in [3.63, 3.8) is 0 Å². The summed E-state index contributed by atoms with van der Waals surface area (Å²) in [7, 11) is 0. The predicted octanol–water partition coefficient (Wildman–Crippen LogP) is 6.35. The van der Waals surface area contributed by atoms with E-state index < -0.39 is 0 Å². The molecule has 0 bridgehead atoms. The van der Waals surface area contributed by atoms with Gasteiger partial charge in [0.15, 0.2) is 10.3 Å². The van der Waals surface area contributed by atoms with Gasteiger partial charge >= 0.3 is 0 Å². The molecule has 0 spiro atoms. The zero-order valence-electron chi connectivity index (χ0n) is 18.4. The summed E-state index contributed by atoms with van der Waals surface area (Å²) >= 11 is 4.02. The first-order valence-electron chi connectivity index (χ1n) is 10.8. The van der Waals surface area contributed by atoms with Crippen LogP contribution < -0.4 is 10.6 Å². The van der Waals surface area contributed by atoms with Crippen molar-refractivity contribution in [3.05, 3.63) is 116 Å². The Morgan fingerprint density at radius 3 is 1.46 bits per heavy atom. The Morgan fingerprint density at radius 2 is 1.03 bits per heavy atom. The summed E-state index contributed by atoms with van der Waals surface area (Å²) in [5.74, 6) is -0.567. The molecule has 0 aliphatic rings. The quantitative estimate of drug-likeness (QED) is 0.252. The summed E-state index contributed by atoms with van der Waals surface area (Å²) in [5.41, 5.74) is 2.38. The van der Waals surface area contributed by atoms with E-state index in [4.69, 9.17) is 0 Å². The number of carbonyl (C=O) groups is 2. The van der Waals surface area contributed by atoms with Gasteiger partial charge in [-0.2, -0.15) is 0 Å². The van der Waals surface area contributed by atoms with Crippen molar-refractivity contribution in [1.82, 2.24) is 9.97 Å². The first-order valence-corrected chi connectivity index (χ1v) is 13.3. The van der Waals surface area contributed by atoms with Gasteiger partial charge < -0.3 is 0 Å². The van der Waals surface area contributed by atoms with Gasteiger partial charge in [0, 0.05) is 35.0 Å². The van der Waals surface area contributed by atoms with Crippen LogP contribution in [-0.4, -0.2) is 21.8 Å². The number of rotatable bonds is 8. The minimum atomic E-state index is -0.283. The van der Waals surface area contributed by atoms with Crippen molar-refractivity contribution in [2.75, 3.05) is 10.6 Å². The summed E-state index contributed by atoms with van der Waals surface area (Å²) in [6, 6.07) is 23.5. The number of carbonyl (C=O) groups excluding carboxylic acids is 2. The van der Waals surface area contributed by atoms with Crippen LogP contribution in [0.25, 0.3) is 0 Å². The lowest BCUT2D eigenvalue weighted by molar-refractivity contribution is 0.102. The van der Waals surface area contributed by atoms with Gasteiger partial charge in [0.25, 0.3) is 11.8 Å². The largest absolute Gasteiger partial charge is 0.297 e. The molecule has 0 unspecified atom stereocenters. The van der Waals surface area contributed by atoms with Crippen molar-refractivity contribution in [1.29, 1.82) is 0 Å². The molecule has 6 nitrogen and oxygen atoms in total. The predicted molar refractivity (Wildman–Crippen MR) is 143 cm³/mol. The van der Waals surface area contributed by atoms with Crippen LogP contribution in [0.5, 0.6) is 0 Å². The van der Waals surface area contributed by atoms with Crippen LogP contribution in [0.2, 0.25) is 0 Å². The van der Waals surface area contributed by atoms with E-state index in [1.54, 1.807) is 24.5 Å². The molecule has 0 aliphatic heterocycles. The lowest BCUT2D eigenvalue weighted by Crippen LogP contribution is -2.10. The van der Waals surface area contributed by atoms with Gasteiger partial charge in [-0.25, -0.2) is 9.97 Å². The lowest BCUT2D eigenvalue weighted by Gasteiger charge is -1.99. The fourth-order valence-corrected chi connectivity index (χ4v) is 5.87. The van der Waals surface area contributed by atoms with Gasteiger partial charge in [0.2, 0.25) is 0 Å². The summed E-state index contributed by atoms with van der Waals surface area (Å²) in [5, 5.41) is 6.73. The van der Waals surface area contributed by atoms with Crippen molar-refractivity contribution in [3.8, 4) is 0 Å². The van der Waals surface area contributed by atoms with Crippen LogP contribution in [-0.2, 0) is 12.8 Å². The van der Waals surface area contributed by atoms with Gasteiger partial charge in [-0.3, -0.25) is 20.2 Å². The Kier molecular flexibility index (Phi) is 7.08. The van der Waals surface area contributed by atoms with Crippen LogP contribution in [0.15, 0.2) is 85.2 Å². The number of nitrogens with zero attached hydrogens (tertiary/aromatic N) is 2. The minimum absolute atomic E-state index is 0.283. The minimum Gasteiger partial charge on any atom is -0.297 e. The molecule has 35 heavy (non-hydrogen) atoms. The molecule has 0 saturated carbocycles. The third-order valence-corrected chi connectivity index (χ3v) is 7.95. The molecule has 2 aromatic carbocycles. The van der Waals surface area contributed by atoms with Crippen molar-refractivity contribution in [2.45, 2.75) is 12.8 Å². The van der Waals surface area contributed by atoms with Crippen molar-refractivity contribution >= 4 is 56.1 Å². The Bertz CT molecular complexity index is 1330. The summed E-state index contributed by atoms with van der Waals surface area (Å²) in [6.45, 7) is 0. The second-order valence-electron chi connectivity index (χ2n) is 7.66. The molecule has 3 aromatic heterocycles. The summed E-state index contributed by atoms with van der Waals surface area (Å²) in [4.78, 5) is 37.0. The average molecular weight is 517 g/mol. The van der Waals surface area contributed by atoms with Gasteiger partial charge in [0.05, 0.1) is 9.75 Å². The molecule has 2 amide bonds. The van der Waals surface area contributed by atoms with E-state index in [1.165, 1.54) is 33.8 Å². The van der Waals surface area contributed by atoms with E-state index >= 15 is 0 Å². The maximum absolute atomic E-state index is 12.7. The third kappa shape index (κ3) is 6.07. The Hall–Kier alpha value is -3.66. The zero-order valence-corrected chi connectivity index (χ0v) is 20.9. The highest BCUT2D eigenvalue weighted by molar-refractivity contribution is 7.17. The molecular formula is C26H20N4O2S3. The van der Waals surface area contributed by atoms with Crippen LogP contribution in [0.3, 0.4) is 0 Å². The number of benzene rings is 2. The molecule has 0 radical (unpaired) electrons. The number of nitrogens with one attached hydrogen (secondary N) is 2. The Balaban J connectivity index is 1.17. The van der Waals surface area contributed by atoms with Crippen LogP contribution >= 0.6 is 34.0 Å². The molecule has 0 atom stereocenters. The fraction of sp³-hybridized carbons (Fsp3) is 0.0769. The highest BCUT2D eigenvalue weighted by Crippen LogP contribution is 2.25. The first-order chi connectivity index (χ1) is 17.1. The molecule has 9 heteroatoms. The van der Waals surface area contributed by atoms with Crippen molar-refractivity contribution < 1.29 is 9.59 Å². The van der Waals surface area contributed by atoms with E-state index in [1.807, 2.05) is 36.4 Å². The number of amides is 2. The number of thiophene rings is 1. The molecule has 5 aromatic rings. The number of hydrogen-bond acceptors (Lipinski definition) is 7.